The molecule has 0 saturated carbocycles. The topological polar surface area (TPSA) is 55.4 Å². The summed E-state index contributed by atoms with van der Waals surface area (Å²) in [5.74, 6) is 0.111. The van der Waals surface area contributed by atoms with Gasteiger partial charge in [-0.05, 0) is 38.5 Å². The van der Waals surface area contributed by atoms with E-state index in [1.165, 1.54) is 0 Å². The van der Waals surface area contributed by atoms with Crippen molar-refractivity contribution in [2.75, 3.05) is 13.7 Å². The maximum absolute atomic E-state index is 6.17. The van der Waals surface area contributed by atoms with Gasteiger partial charge in [0, 0.05) is 0 Å². The zero-order chi connectivity index (χ0) is 18.7. The van der Waals surface area contributed by atoms with Crippen LogP contribution in [-0.4, -0.2) is 50.2 Å². The molecule has 6 nitrogen and oxygen atoms in total. The average molecular weight is 364 g/mol. The molecule has 2 fully saturated rings. The quantitative estimate of drug-likeness (QED) is 0.693. The van der Waals surface area contributed by atoms with Gasteiger partial charge in [-0.25, -0.2) is 0 Å². The molecule has 0 spiro atoms. The molecule has 5 atom stereocenters. The van der Waals surface area contributed by atoms with Crippen LogP contribution in [0.1, 0.15) is 26.3 Å². The first kappa shape index (κ1) is 19.3. The third kappa shape index (κ3) is 4.27. The van der Waals surface area contributed by atoms with Crippen LogP contribution in [0.4, 0.5) is 0 Å². The zero-order valence-electron chi connectivity index (χ0n) is 15.8. The second kappa shape index (κ2) is 8.06. The van der Waals surface area contributed by atoms with Crippen LogP contribution in [0.5, 0.6) is 5.75 Å². The fraction of sp³-hybridized carbons (Fsp3) is 0.600. The number of benzene rings is 1. The van der Waals surface area contributed by atoms with Crippen LogP contribution in [0, 0.1) is 0 Å². The molecule has 0 aliphatic carbocycles. The first-order chi connectivity index (χ1) is 12.4. The van der Waals surface area contributed by atoms with E-state index in [1.807, 2.05) is 45.0 Å². The molecular formula is C20H28O6. The number of fused-ring (bicyclic) bond motifs is 1. The van der Waals surface area contributed by atoms with Gasteiger partial charge in [-0.2, -0.15) is 0 Å². The summed E-state index contributed by atoms with van der Waals surface area (Å²) in [4.78, 5) is 0. The highest BCUT2D eigenvalue weighted by Gasteiger charge is 2.55. The van der Waals surface area contributed by atoms with E-state index in [0.717, 1.165) is 11.3 Å². The minimum Gasteiger partial charge on any atom is -0.497 e. The predicted molar refractivity (Wildman–Crippen MR) is 95.9 cm³/mol. The molecule has 6 heteroatoms. The van der Waals surface area contributed by atoms with Crippen LogP contribution in [-0.2, 0) is 30.3 Å². The Labute approximate surface area is 155 Å². The summed E-state index contributed by atoms with van der Waals surface area (Å²) < 4.78 is 35.2. The molecule has 3 rings (SSSR count). The Morgan fingerprint density at radius 1 is 1.12 bits per heavy atom. The summed E-state index contributed by atoms with van der Waals surface area (Å²) in [6.07, 6.45) is 0.129. The first-order valence-corrected chi connectivity index (χ1v) is 8.91. The van der Waals surface area contributed by atoms with Crippen molar-refractivity contribution in [3.05, 3.63) is 42.5 Å². The second-order valence-electron chi connectivity index (χ2n) is 7.02. The van der Waals surface area contributed by atoms with Crippen molar-refractivity contribution >= 4 is 0 Å². The predicted octanol–water partition coefficient (Wildman–Crippen LogP) is 3.05. The minimum atomic E-state index is -0.708. The van der Waals surface area contributed by atoms with Crippen molar-refractivity contribution in [2.24, 2.45) is 0 Å². The molecule has 3 unspecified atom stereocenters. The summed E-state index contributed by atoms with van der Waals surface area (Å²) >= 11 is 0. The van der Waals surface area contributed by atoms with Crippen molar-refractivity contribution in [1.82, 2.24) is 0 Å². The lowest BCUT2D eigenvalue weighted by molar-refractivity contribution is -0.276. The Hall–Kier alpha value is -1.44. The summed E-state index contributed by atoms with van der Waals surface area (Å²) in [6, 6.07) is 7.80. The number of methoxy groups -OCH3 is 1. The zero-order valence-corrected chi connectivity index (χ0v) is 15.8. The molecule has 0 N–H and O–H groups in total. The van der Waals surface area contributed by atoms with Gasteiger partial charge in [-0.1, -0.05) is 18.2 Å². The average Bonchev–Trinajstić information content (AvgIpc) is 2.94. The molecule has 0 aromatic heterocycles. The highest BCUT2D eigenvalue weighted by atomic mass is 16.8. The minimum absolute atomic E-state index is 0.193. The van der Waals surface area contributed by atoms with E-state index >= 15 is 0 Å². The van der Waals surface area contributed by atoms with Crippen molar-refractivity contribution < 1.29 is 28.4 Å². The molecule has 2 heterocycles. The number of rotatable bonds is 7. The molecule has 26 heavy (non-hydrogen) atoms. The van der Waals surface area contributed by atoms with Crippen LogP contribution in [0.3, 0.4) is 0 Å². The second-order valence-corrected chi connectivity index (χ2v) is 7.02. The highest BCUT2D eigenvalue weighted by Crippen LogP contribution is 2.39. The summed E-state index contributed by atoms with van der Waals surface area (Å²) in [5, 5.41) is 0. The molecule has 1 aromatic carbocycles. The van der Waals surface area contributed by atoms with Crippen molar-refractivity contribution in [3.63, 3.8) is 0 Å². The van der Waals surface area contributed by atoms with Gasteiger partial charge in [-0.3, -0.25) is 0 Å². The maximum Gasteiger partial charge on any atom is 0.187 e. The van der Waals surface area contributed by atoms with Crippen LogP contribution >= 0.6 is 0 Å². The molecule has 0 bridgehead atoms. The molecular weight excluding hydrogens is 336 g/mol. The Morgan fingerprint density at radius 3 is 2.46 bits per heavy atom. The smallest absolute Gasteiger partial charge is 0.187 e. The molecule has 0 amide bonds. The van der Waals surface area contributed by atoms with Gasteiger partial charge < -0.3 is 28.4 Å². The Balaban J connectivity index is 1.68. The summed E-state index contributed by atoms with van der Waals surface area (Å²) in [7, 11) is 1.65. The van der Waals surface area contributed by atoms with Gasteiger partial charge in [0.05, 0.1) is 26.4 Å². The SMILES string of the molecule is C=CCO[C@@H]1OC(C)[C@H](OCc2ccc(OC)cc2)C2OC(C)(C)OC21. The maximum atomic E-state index is 6.17. The van der Waals surface area contributed by atoms with Crippen molar-refractivity contribution in [1.29, 1.82) is 0 Å². The van der Waals surface area contributed by atoms with E-state index in [-0.39, 0.29) is 24.4 Å². The fourth-order valence-corrected chi connectivity index (χ4v) is 3.36. The third-order valence-corrected chi connectivity index (χ3v) is 4.55. The summed E-state index contributed by atoms with van der Waals surface area (Å²) in [5.41, 5.74) is 1.05. The van der Waals surface area contributed by atoms with Gasteiger partial charge in [0.2, 0.25) is 0 Å². The molecule has 1 aromatic rings. The first-order valence-electron chi connectivity index (χ1n) is 8.91. The third-order valence-electron chi connectivity index (χ3n) is 4.55. The monoisotopic (exact) mass is 364 g/mol. The van der Waals surface area contributed by atoms with E-state index in [9.17, 15) is 0 Å². The van der Waals surface area contributed by atoms with E-state index in [0.29, 0.717) is 13.2 Å². The van der Waals surface area contributed by atoms with Crippen LogP contribution in [0.25, 0.3) is 0 Å². The van der Waals surface area contributed by atoms with E-state index in [1.54, 1.807) is 13.2 Å². The number of hydrogen-bond acceptors (Lipinski definition) is 6. The molecule has 2 aliphatic heterocycles. The van der Waals surface area contributed by atoms with Gasteiger partial charge >= 0.3 is 0 Å². The van der Waals surface area contributed by atoms with E-state index in [4.69, 9.17) is 28.4 Å². The molecule has 2 aliphatic rings. The van der Waals surface area contributed by atoms with Gasteiger partial charge in [0.25, 0.3) is 0 Å². The summed E-state index contributed by atoms with van der Waals surface area (Å²) in [6.45, 7) is 10.3. The normalized spacial score (nSPS) is 32.8. The molecule has 2 saturated heterocycles. The van der Waals surface area contributed by atoms with Gasteiger partial charge in [0.1, 0.15) is 24.1 Å². The van der Waals surface area contributed by atoms with Crippen molar-refractivity contribution in [3.8, 4) is 5.75 Å². The number of ether oxygens (including phenoxy) is 6. The highest BCUT2D eigenvalue weighted by molar-refractivity contribution is 5.26. The molecule has 144 valence electrons. The van der Waals surface area contributed by atoms with E-state index in [2.05, 4.69) is 6.58 Å². The van der Waals surface area contributed by atoms with Crippen molar-refractivity contribution in [2.45, 2.75) is 63.9 Å². The lowest BCUT2D eigenvalue weighted by atomic mass is 9.99. The lowest BCUT2D eigenvalue weighted by Gasteiger charge is -2.40. The Kier molecular flexibility index (Phi) is 5.99. The van der Waals surface area contributed by atoms with E-state index < -0.39 is 12.1 Å². The largest absolute Gasteiger partial charge is 0.497 e. The van der Waals surface area contributed by atoms with Crippen LogP contribution in [0.15, 0.2) is 36.9 Å². The number of hydrogen-bond donors (Lipinski definition) is 0. The van der Waals surface area contributed by atoms with Gasteiger partial charge in [-0.15, -0.1) is 6.58 Å². The Morgan fingerprint density at radius 2 is 1.81 bits per heavy atom. The van der Waals surface area contributed by atoms with Crippen LogP contribution in [0.2, 0.25) is 0 Å². The fourth-order valence-electron chi connectivity index (χ4n) is 3.36. The lowest BCUT2D eigenvalue weighted by Crippen LogP contribution is -2.56. The Bertz CT molecular complexity index is 599. The van der Waals surface area contributed by atoms with Gasteiger partial charge in [0.15, 0.2) is 12.1 Å². The standard InChI is InChI=1S/C20H28O6/c1-6-11-22-19-18-17(25-20(3,4)26-18)16(13(2)24-19)23-12-14-7-9-15(21-5)10-8-14/h6-10,13,16-19H,1,11-12H2,2-5H3/t13?,16-,17?,18?,19+/m0/s1. The molecule has 0 radical (unpaired) electrons. The van der Waals surface area contributed by atoms with Crippen LogP contribution < -0.4 is 4.74 Å².